The van der Waals surface area contributed by atoms with Gasteiger partial charge in [0.2, 0.25) is 5.89 Å². The first-order chi connectivity index (χ1) is 10.5. The van der Waals surface area contributed by atoms with E-state index in [1.54, 1.807) is 6.26 Å². The number of benzene rings is 1. The lowest BCUT2D eigenvalue weighted by Crippen LogP contribution is -2.31. The van der Waals surface area contributed by atoms with Crippen LogP contribution in [0.5, 0.6) is 0 Å². The molecule has 0 bridgehead atoms. The summed E-state index contributed by atoms with van der Waals surface area (Å²) >= 11 is 0. The highest BCUT2D eigenvalue weighted by Crippen LogP contribution is 2.30. The molecule has 3 rings (SSSR count). The molecule has 4 nitrogen and oxygen atoms in total. The number of rotatable bonds is 4. The Kier molecular flexibility index (Phi) is 3.97. The zero-order chi connectivity index (χ0) is 15.7. The third-order valence-electron chi connectivity index (χ3n) is 4.23. The standard InChI is InChI=1S/C16H19F2N3O/c1-16(9-19)4-5-21(10-16)7-12-8-22-15(20-12)11-2-3-13(17)14(18)6-11/h2-3,6,8H,4-5,7,9-10,19H2,1H3. The van der Waals surface area contributed by atoms with E-state index in [9.17, 15) is 8.78 Å². The number of nitrogens with two attached hydrogens (primary N) is 1. The van der Waals surface area contributed by atoms with Crippen LogP contribution in [0.25, 0.3) is 11.5 Å². The fourth-order valence-electron chi connectivity index (χ4n) is 2.80. The first-order valence-electron chi connectivity index (χ1n) is 7.31. The number of nitrogens with zero attached hydrogens (tertiary/aromatic N) is 2. The molecule has 1 fully saturated rings. The quantitative estimate of drug-likeness (QED) is 0.943. The lowest BCUT2D eigenvalue weighted by molar-refractivity contribution is 0.272. The van der Waals surface area contributed by atoms with Gasteiger partial charge in [0.15, 0.2) is 11.6 Å². The fourth-order valence-corrected chi connectivity index (χ4v) is 2.80. The van der Waals surface area contributed by atoms with Crippen molar-refractivity contribution in [3.8, 4) is 11.5 Å². The van der Waals surface area contributed by atoms with Gasteiger partial charge in [-0.15, -0.1) is 0 Å². The van der Waals surface area contributed by atoms with Gasteiger partial charge in [0, 0.05) is 18.7 Å². The van der Waals surface area contributed by atoms with Crippen LogP contribution < -0.4 is 5.73 Å². The highest BCUT2D eigenvalue weighted by molar-refractivity contribution is 5.53. The van der Waals surface area contributed by atoms with Crippen molar-refractivity contribution in [3.63, 3.8) is 0 Å². The molecule has 0 radical (unpaired) electrons. The molecule has 1 saturated heterocycles. The lowest BCUT2D eigenvalue weighted by Gasteiger charge is -2.21. The van der Waals surface area contributed by atoms with Crippen molar-refractivity contribution in [3.05, 3.63) is 41.8 Å². The van der Waals surface area contributed by atoms with Crippen molar-refractivity contribution in [2.75, 3.05) is 19.6 Å². The van der Waals surface area contributed by atoms with Gasteiger partial charge in [-0.1, -0.05) is 6.92 Å². The third kappa shape index (κ3) is 3.03. The molecule has 2 N–H and O–H groups in total. The molecule has 6 heteroatoms. The first kappa shape index (κ1) is 15.1. The monoisotopic (exact) mass is 307 g/mol. The molecule has 1 aromatic carbocycles. The predicted octanol–water partition coefficient (Wildman–Crippen LogP) is 2.79. The molecule has 1 aromatic heterocycles. The minimum absolute atomic E-state index is 0.159. The van der Waals surface area contributed by atoms with Crippen LogP contribution in [0.15, 0.2) is 28.9 Å². The van der Waals surface area contributed by atoms with E-state index in [-0.39, 0.29) is 5.41 Å². The van der Waals surface area contributed by atoms with Crippen molar-refractivity contribution >= 4 is 0 Å². The molecule has 2 aromatic rings. The molecule has 0 saturated carbocycles. The summed E-state index contributed by atoms with van der Waals surface area (Å²) in [5.74, 6) is -1.49. The van der Waals surface area contributed by atoms with Crippen LogP contribution in [0.2, 0.25) is 0 Å². The SMILES string of the molecule is CC1(CN)CCN(Cc2coc(-c3ccc(F)c(F)c3)n2)C1. The van der Waals surface area contributed by atoms with Crippen LogP contribution >= 0.6 is 0 Å². The second kappa shape index (κ2) is 5.78. The van der Waals surface area contributed by atoms with Gasteiger partial charge in [-0.2, -0.15) is 0 Å². The van der Waals surface area contributed by atoms with Crippen LogP contribution in [0, 0.1) is 17.0 Å². The van der Waals surface area contributed by atoms with Crippen molar-refractivity contribution < 1.29 is 13.2 Å². The molecular weight excluding hydrogens is 288 g/mol. The maximum Gasteiger partial charge on any atom is 0.226 e. The summed E-state index contributed by atoms with van der Waals surface area (Å²) in [6.07, 6.45) is 2.63. The molecule has 1 atom stereocenters. The number of hydrogen-bond donors (Lipinski definition) is 1. The average molecular weight is 307 g/mol. The molecule has 2 heterocycles. The van der Waals surface area contributed by atoms with Gasteiger partial charge in [-0.25, -0.2) is 13.8 Å². The van der Waals surface area contributed by atoms with Crippen LogP contribution in [0.1, 0.15) is 19.0 Å². The number of oxazole rings is 1. The van der Waals surface area contributed by atoms with Crippen molar-refractivity contribution in [2.24, 2.45) is 11.1 Å². The molecule has 1 aliphatic rings. The predicted molar refractivity (Wildman–Crippen MR) is 78.9 cm³/mol. The summed E-state index contributed by atoms with van der Waals surface area (Å²) in [7, 11) is 0. The first-order valence-corrected chi connectivity index (χ1v) is 7.31. The van der Waals surface area contributed by atoms with Gasteiger partial charge in [0.25, 0.3) is 0 Å². The number of likely N-dealkylation sites (tertiary alicyclic amines) is 1. The van der Waals surface area contributed by atoms with Crippen LogP contribution in [0.4, 0.5) is 8.78 Å². The largest absolute Gasteiger partial charge is 0.444 e. The van der Waals surface area contributed by atoms with Gasteiger partial charge in [-0.05, 0) is 43.1 Å². The van der Waals surface area contributed by atoms with Gasteiger partial charge in [-0.3, -0.25) is 4.90 Å². The molecule has 1 aliphatic heterocycles. The third-order valence-corrected chi connectivity index (χ3v) is 4.23. The summed E-state index contributed by atoms with van der Waals surface area (Å²) < 4.78 is 31.6. The van der Waals surface area contributed by atoms with E-state index < -0.39 is 11.6 Å². The van der Waals surface area contributed by atoms with Gasteiger partial charge in [0.05, 0.1) is 5.69 Å². The highest BCUT2D eigenvalue weighted by Gasteiger charge is 2.32. The van der Waals surface area contributed by atoms with E-state index in [0.29, 0.717) is 24.5 Å². The Morgan fingerprint density at radius 1 is 1.36 bits per heavy atom. The van der Waals surface area contributed by atoms with Crippen LogP contribution in [-0.4, -0.2) is 29.5 Å². The molecule has 0 spiro atoms. The second-order valence-corrected chi connectivity index (χ2v) is 6.25. The minimum Gasteiger partial charge on any atom is -0.444 e. The zero-order valence-electron chi connectivity index (χ0n) is 12.5. The van der Waals surface area contributed by atoms with Crippen molar-refractivity contribution in [2.45, 2.75) is 19.9 Å². The molecule has 0 amide bonds. The Labute approximate surface area is 127 Å². The summed E-state index contributed by atoms with van der Waals surface area (Å²) in [6.45, 7) is 5.42. The van der Waals surface area contributed by atoms with Gasteiger partial charge in [0.1, 0.15) is 6.26 Å². The molecule has 22 heavy (non-hydrogen) atoms. The maximum atomic E-state index is 13.3. The Hall–Kier alpha value is -1.79. The average Bonchev–Trinajstić information content (AvgIpc) is 3.10. The summed E-state index contributed by atoms with van der Waals surface area (Å²) in [4.78, 5) is 6.64. The number of aromatic nitrogens is 1. The molecule has 1 unspecified atom stereocenters. The summed E-state index contributed by atoms with van der Waals surface area (Å²) in [6, 6.07) is 3.61. The second-order valence-electron chi connectivity index (χ2n) is 6.25. The van der Waals surface area contributed by atoms with Crippen LogP contribution in [-0.2, 0) is 6.54 Å². The molecule has 118 valence electrons. The highest BCUT2D eigenvalue weighted by atomic mass is 19.2. The molecule has 0 aliphatic carbocycles. The molecular formula is C16H19F2N3O. The van der Waals surface area contributed by atoms with Gasteiger partial charge < -0.3 is 10.2 Å². The summed E-state index contributed by atoms with van der Waals surface area (Å²) in [5, 5.41) is 0. The smallest absolute Gasteiger partial charge is 0.226 e. The van der Waals surface area contributed by atoms with E-state index in [1.165, 1.54) is 6.07 Å². The maximum absolute atomic E-state index is 13.3. The van der Waals surface area contributed by atoms with E-state index >= 15 is 0 Å². The normalized spacial score (nSPS) is 22.4. The fraction of sp³-hybridized carbons (Fsp3) is 0.438. The zero-order valence-corrected chi connectivity index (χ0v) is 12.5. The Morgan fingerprint density at radius 2 is 2.18 bits per heavy atom. The number of halogens is 2. The van der Waals surface area contributed by atoms with Crippen molar-refractivity contribution in [1.82, 2.24) is 9.88 Å². The van der Waals surface area contributed by atoms with Crippen LogP contribution in [0.3, 0.4) is 0 Å². The summed E-state index contributed by atoms with van der Waals surface area (Å²) in [5.41, 5.74) is 7.17. The van der Waals surface area contributed by atoms with Gasteiger partial charge >= 0.3 is 0 Å². The van der Waals surface area contributed by atoms with E-state index in [1.807, 2.05) is 0 Å². The van der Waals surface area contributed by atoms with E-state index in [2.05, 4.69) is 16.8 Å². The van der Waals surface area contributed by atoms with E-state index in [0.717, 1.165) is 37.3 Å². The van der Waals surface area contributed by atoms with E-state index in [4.69, 9.17) is 10.2 Å². The van der Waals surface area contributed by atoms with Crippen molar-refractivity contribution in [1.29, 1.82) is 0 Å². The lowest BCUT2D eigenvalue weighted by atomic mass is 9.90. The minimum atomic E-state index is -0.907. The Balaban J connectivity index is 1.70. The topological polar surface area (TPSA) is 55.3 Å². The Bertz CT molecular complexity index is 673. The number of hydrogen-bond acceptors (Lipinski definition) is 4. The Morgan fingerprint density at radius 3 is 2.86 bits per heavy atom.